The molecule has 0 aromatic carbocycles. The van der Waals surface area contributed by atoms with Crippen LogP contribution in [0.1, 0.15) is 27.7 Å². The maximum Gasteiger partial charge on any atom is 0.157 e. The molecule has 0 heterocycles. The van der Waals surface area contributed by atoms with Crippen LogP contribution in [0.2, 0.25) is 0 Å². The molecule has 0 aliphatic heterocycles. The third kappa shape index (κ3) is 2.06. The van der Waals surface area contributed by atoms with E-state index >= 15 is 0 Å². The van der Waals surface area contributed by atoms with Crippen LogP contribution in [0.4, 0.5) is 0 Å². The molecule has 0 spiro atoms. The highest BCUT2D eigenvalue weighted by atomic mass is 17.1. The third-order valence-electron chi connectivity index (χ3n) is 3.19. The van der Waals surface area contributed by atoms with E-state index < -0.39 is 11.7 Å². The second-order valence-corrected chi connectivity index (χ2v) is 4.77. The lowest BCUT2D eigenvalue weighted by Crippen LogP contribution is -2.51. The quantitative estimate of drug-likeness (QED) is 0.573. The van der Waals surface area contributed by atoms with Crippen molar-refractivity contribution < 1.29 is 20.3 Å². The fourth-order valence-electron chi connectivity index (χ4n) is 2.06. The molecule has 1 aliphatic rings. The predicted molar refractivity (Wildman–Crippen MR) is 60.8 cm³/mol. The van der Waals surface area contributed by atoms with Gasteiger partial charge in [-0.25, -0.2) is 9.78 Å². The van der Waals surface area contributed by atoms with Gasteiger partial charge >= 0.3 is 0 Å². The molecule has 0 saturated carbocycles. The van der Waals surface area contributed by atoms with Gasteiger partial charge in [0, 0.05) is 0 Å². The summed E-state index contributed by atoms with van der Waals surface area (Å²) >= 11 is 0. The standard InChI is InChI=1S/C12H20O4/c1-8(2)10-6-5-7-12(16-14,9(3)4)11(10)15-13/h5-9,11,13-14H,1-4H3. The van der Waals surface area contributed by atoms with Crippen molar-refractivity contribution in [1.29, 1.82) is 0 Å². The number of hydrogen-bond acceptors (Lipinski definition) is 4. The molecule has 1 aliphatic carbocycles. The molecular formula is C12H20O4. The first-order valence-electron chi connectivity index (χ1n) is 5.51. The van der Waals surface area contributed by atoms with Gasteiger partial charge in [0.1, 0.15) is 0 Å². The van der Waals surface area contributed by atoms with Crippen molar-refractivity contribution in [2.75, 3.05) is 0 Å². The number of allylic oxidation sites excluding steroid dienone is 2. The first-order chi connectivity index (χ1) is 7.49. The molecule has 0 saturated heterocycles. The van der Waals surface area contributed by atoms with Gasteiger partial charge in [0.15, 0.2) is 11.7 Å². The highest BCUT2D eigenvalue weighted by Gasteiger charge is 2.46. The van der Waals surface area contributed by atoms with E-state index in [1.165, 1.54) is 0 Å². The monoisotopic (exact) mass is 228 g/mol. The maximum absolute atomic E-state index is 9.14. The van der Waals surface area contributed by atoms with Gasteiger partial charge in [-0.1, -0.05) is 39.8 Å². The largest absolute Gasteiger partial charge is 0.251 e. The Kier molecular flexibility index (Phi) is 4.27. The fraction of sp³-hybridized carbons (Fsp3) is 0.667. The Hall–Kier alpha value is -0.680. The van der Waals surface area contributed by atoms with Crippen molar-refractivity contribution in [2.45, 2.75) is 39.4 Å². The molecule has 2 N–H and O–H groups in total. The van der Waals surface area contributed by atoms with Crippen molar-refractivity contribution in [3.05, 3.63) is 23.8 Å². The van der Waals surface area contributed by atoms with Crippen LogP contribution >= 0.6 is 0 Å². The lowest BCUT2D eigenvalue weighted by atomic mass is 9.76. The molecule has 4 nitrogen and oxygen atoms in total. The van der Waals surface area contributed by atoms with Crippen LogP contribution in [0.25, 0.3) is 0 Å². The molecule has 2 atom stereocenters. The zero-order valence-corrected chi connectivity index (χ0v) is 10.2. The average molecular weight is 228 g/mol. The zero-order chi connectivity index (χ0) is 12.3. The molecule has 0 radical (unpaired) electrons. The summed E-state index contributed by atoms with van der Waals surface area (Å²) in [5.74, 6) is 0.170. The van der Waals surface area contributed by atoms with Crippen molar-refractivity contribution in [3.63, 3.8) is 0 Å². The second kappa shape index (κ2) is 5.10. The van der Waals surface area contributed by atoms with Crippen LogP contribution in [0.3, 0.4) is 0 Å². The summed E-state index contributed by atoms with van der Waals surface area (Å²) in [7, 11) is 0. The Morgan fingerprint density at radius 2 is 1.88 bits per heavy atom. The van der Waals surface area contributed by atoms with E-state index in [1.54, 1.807) is 6.08 Å². The topological polar surface area (TPSA) is 58.9 Å². The molecule has 0 aromatic heterocycles. The molecule has 4 heteroatoms. The molecular weight excluding hydrogens is 208 g/mol. The van der Waals surface area contributed by atoms with Gasteiger partial charge in [0.2, 0.25) is 0 Å². The van der Waals surface area contributed by atoms with Crippen LogP contribution in [0, 0.1) is 11.8 Å². The van der Waals surface area contributed by atoms with Gasteiger partial charge in [0.05, 0.1) is 0 Å². The molecule has 0 fully saturated rings. The minimum absolute atomic E-state index is 0.0339. The molecule has 0 aromatic rings. The summed E-state index contributed by atoms with van der Waals surface area (Å²) in [6.07, 6.45) is 4.74. The Morgan fingerprint density at radius 1 is 1.25 bits per heavy atom. The second-order valence-electron chi connectivity index (χ2n) is 4.77. The normalized spacial score (nSPS) is 30.0. The summed E-state index contributed by atoms with van der Waals surface area (Å²) in [6, 6.07) is 0. The SMILES string of the molecule is CC(C)C1=CC=CC(OO)(C(C)C)C1OO. The summed E-state index contributed by atoms with van der Waals surface area (Å²) in [5.41, 5.74) is -0.129. The highest BCUT2D eigenvalue weighted by Crippen LogP contribution is 2.37. The molecule has 16 heavy (non-hydrogen) atoms. The zero-order valence-electron chi connectivity index (χ0n) is 10.2. The van der Waals surface area contributed by atoms with E-state index in [0.29, 0.717) is 0 Å². The van der Waals surface area contributed by atoms with Crippen LogP contribution in [-0.4, -0.2) is 22.2 Å². The van der Waals surface area contributed by atoms with E-state index in [4.69, 9.17) is 10.5 Å². The van der Waals surface area contributed by atoms with Crippen LogP contribution in [0.5, 0.6) is 0 Å². The first kappa shape index (κ1) is 13.4. The van der Waals surface area contributed by atoms with Gasteiger partial charge in [-0.05, 0) is 23.5 Å². The Morgan fingerprint density at radius 3 is 2.25 bits per heavy atom. The third-order valence-corrected chi connectivity index (χ3v) is 3.19. The minimum Gasteiger partial charge on any atom is -0.251 e. The maximum atomic E-state index is 9.14. The molecule has 1 rings (SSSR count). The lowest BCUT2D eigenvalue weighted by Gasteiger charge is -2.40. The average Bonchev–Trinajstić information content (AvgIpc) is 2.27. The Balaban J connectivity index is 3.14. The van der Waals surface area contributed by atoms with Crippen LogP contribution in [0.15, 0.2) is 23.8 Å². The molecule has 92 valence electrons. The number of hydrogen-bond donors (Lipinski definition) is 2. The van der Waals surface area contributed by atoms with E-state index in [1.807, 2.05) is 39.8 Å². The highest BCUT2D eigenvalue weighted by molar-refractivity contribution is 5.32. The molecule has 0 bridgehead atoms. The van der Waals surface area contributed by atoms with Gasteiger partial charge in [-0.3, -0.25) is 10.5 Å². The van der Waals surface area contributed by atoms with Crippen molar-refractivity contribution in [3.8, 4) is 0 Å². The van der Waals surface area contributed by atoms with Gasteiger partial charge in [-0.15, -0.1) is 0 Å². The summed E-state index contributed by atoms with van der Waals surface area (Å²) in [6.45, 7) is 7.80. The summed E-state index contributed by atoms with van der Waals surface area (Å²) in [5, 5.41) is 18.2. The van der Waals surface area contributed by atoms with Crippen LogP contribution < -0.4 is 0 Å². The summed E-state index contributed by atoms with van der Waals surface area (Å²) in [4.78, 5) is 9.14. The molecule has 0 amide bonds. The van der Waals surface area contributed by atoms with E-state index in [-0.39, 0.29) is 11.8 Å². The summed E-state index contributed by atoms with van der Waals surface area (Å²) < 4.78 is 0. The van der Waals surface area contributed by atoms with E-state index in [2.05, 4.69) is 9.78 Å². The van der Waals surface area contributed by atoms with Gasteiger partial charge in [0.25, 0.3) is 0 Å². The van der Waals surface area contributed by atoms with Gasteiger partial charge in [-0.2, -0.15) is 0 Å². The lowest BCUT2D eigenvalue weighted by molar-refractivity contribution is -0.382. The van der Waals surface area contributed by atoms with Crippen LogP contribution in [-0.2, 0) is 9.78 Å². The van der Waals surface area contributed by atoms with Crippen molar-refractivity contribution in [2.24, 2.45) is 11.8 Å². The van der Waals surface area contributed by atoms with E-state index in [0.717, 1.165) is 5.57 Å². The Bertz CT molecular complexity index is 293. The van der Waals surface area contributed by atoms with Crippen molar-refractivity contribution in [1.82, 2.24) is 0 Å². The van der Waals surface area contributed by atoms with Gasteiger partial charge < -0.3 is 0 Å². The van der Waals surface area contributed by atoms with Crippen molar-refractivity contribution >= 4 is 0 Å². The van der Waals surface area contributed by atoms with E-state index in [9.17, 15) is 0 Å². The first-order valence-corrected chi connectivity index (χ1v) is 5.51. The Labute approximate surface area is 96.0 Å². The smallest absolute Gasteiger partial charge is 0.157 e. The predicted octanol–water partition coefficient (Wildman–Crippen LogP) is 2.88. The fourth-order valence-corrected chi connectivity index (χ4v) is 2.06. The minimum atomic E-state index is -1.02. The molecule has 2 unspecified atom stereocenters. The number of rotatable bonds is 4.